The average Bonchev–Trinajstić information content (AvgIpc) is 3.40. The van der Waals surface area contributed by atoms with Gasteiger partial charge >= 0.3 is 5.97 Å². The lowest BCUT2D eigenvalue weighted by Crippen LogP contribution is -2.47. The standard InChI is InChI=1S/C68H121N2O7P/c1-7-10-13-16-19-22-25-27-29-31-32-33-34-35-36-37-38-39-41-43-46-49-52-55-58-61-68(72)77-66(59-56-53-50-47-44-24-21-18-15-12-9-3)65(64-76-78(73,74)75-63-62-70(4,5)6)69-67(71)60-57-54-51-48-45-42-40-30-28-26-23-20-17-14-11-8-2/h11,14,19-20,22-23,27-30,32-33,35-36,56,59,65-66H,7-10,12-13,15-18,21,24-26,31,34,37-55,57-58,60-64H2,1-6H3,(H-,69,71,73,74)/b14-11+,22-19-,23-20+,29-27-,30-28+,33-32-,36-35-,59-56-. The minimum absolute atomic E-state index is 0.0303. The Hall–Kier alpha value is -3.07. The Morgan fingerprint density at radius 1 is 0.462 bits per heavy atom. The number of hydrogen-bond acceptors (Lipinski definition) is 7. The summed E-state index contributed by atoms with van der Waals surface area (Å²) in [6.45, 7) is 6.68. The molecule has 9 nitrogen and oxygen atoms in total. The number of nitrogens with zero attached hydrogens (tertiary/aromatic N) is 1. The highest BCUT2D eigenvalue weighted by Crippen LogP contribution is 2.38. The SMILES string of the molecule is CC/C=C/C/C=C/C/C=C/CCCCCCCCC(=O)NC(COP(=O)([O-])OCC[N+](C)(C)C)C(/C=C\CCCCCCCCCCC)OC(=O)CCCCCCCCCCC/C=C\C/C=C\C/C=C\C/C=C\CCCCC. The van der Waals surface area contributed by atoms with Crippen LogP contribution in [0.3, 0.4) is 0 Å². The Kier molecular flexibility index (Phi) is 54.9. The lowest BCUT2D eigenvalue weighted by molar-refractivity contribution is -0.870. The summed E-state index contributed by atoms with van der Waals surface area (Å²) in [5.41, 5.74) is 0. The third-order valence-electron chi connectivity index (χ3n) is 13.7. The van der Waals surface area contributed by atoms with Crippen LogP contribution in [-0.4, -0.2) is 69.4 Å². The number of likely N-dealkylation sites (N-methyl/N-ethyl adjacent to an activating group) is 1. The molecule has 0 aromatic heterocycles. The number of unbranched alkanes of at least 4 members (excludes halogenated alkanes) is 27. The molecule has 0 saturated heterocycles. The second kappa shape index (κ2) is 57.2. The van der Waals surface area contributed by atoms with Crippen LogP contribution < -0.4 is 10.2 Å². The molecule has 78 heavy (non-hydrogen) atoms. The summed E-state index contributed by atoms with van der Waals surface area (Å²) in [5.74, 6) is -0.566. The van der Waals surface area contributed by atoms with Crippen molar-refractivity contribution in [2.75, 3.05) is 40.9 Å². The van der Waals surface area contributed by atoms with Crippen molar-refractivity contribution in [2.24, 2.45) is 0 Å². The third kappa shape index (κ3) is 57.6. The minimum Gasteiger partial charge on any atom is -0.756 e. The van der Waals surface area contributed by atoms with Gasteiger partial charge in [0.15, 0.2) is 0 Å². The number of ether oxygens (including phenoxy) is 1. The molecule has 0 aliphatic carbocycles. The molecule has 0 radical (unpaired) electrons. The zero-order valence-corrected chi connectivity index (χ0v) is 52.2. The van der Waals surface area contributed by atoms with Crippen molar-refractivity contribution in [2.45, 2.75) is 283 Å². The minimum atomic E-state index is -4.71. The average molecular weight is 1110 g/mol. The molecule has 1 N–H and O–H groups in total. The summed E-state index contributed by atoms with van der Waals surface area (Å²) in [7, 11) is 1.16. The van der Waals surface area contributed by atoms with Crippen molar-refractivity contribution in [3.05, 3.63) is 97.2 Å². The van der Waals surface area contributed by atoms with Gasteiger partial charge in [-0.1, -0.05) is 247 Å². The van der Waals surface area contributed by atoms with Crippen LogP contribution >= 0.6 is 7.82 Å². The van der Waals surface area contributed by atoms with Gasteiger partial charge in [0.1, 0.15) is 19.3 Å². The fraction of sp³-hybridized carbons (Fsp3) is 0.735. The molecule has 0 fully saturated rings. The molecular weight excluding hydrogens is 988 g/mol. The van der Waals surface area contributed by atoms with E-state index in [9.17, 15) is 19.0 Å². The summed E-state index contributed by atoms with van der Waals surface area (Å²) < 4.78 is 30.3. The molecule has 3 atom stereocenters. The maximum atomic E-state index is 13.5. The fourth-order valence-electron chi connectivity index (χ4n) is 8.81. The molecule has 450 valence electrons. The number of carbonyl (C=O) groups is 2. The lowest BCUT2D eigenvalue weighted by Gasteiger charge is -2.30. The summed E-state index contributed by atoms with van der Waals surface area (Å²) in [4.78, 5) is 40.0. The highest BCUT2D eigenvalue weighted by atomic mass is 31.2. The number of phosphoric ester groups is 1. The van der Waals surface area contributed by atoms with Gasteiger partial charge in [0.25, 0.3) is 7.82 Å². The van der Waals surface area contributed by atoms with Gasteiger partial charge in [0, 0.05) is 12.8 Å². The smallest absolute Gasteiger partial charge is 0.306 e. The van der Waals surface area contributed by atoms with E-state index in [2.05, 4.69) is 111 Å². The second-order valence-corrected chi connectivity index (χ2v) is 23.9. The molecule has 0 spiro atoms. The van der Waals surface area contributed by atoms with E-state index >= 15 is 0 Å². The number of allylic oxidation sites excluding steroid dienone is 15. The van der Waals surface area contributed by atoms with E-state index in [4.69, 9.17) is 13.8 Å². The molecule has 0 saturated carbocycles. The molecule has 0 rings (SSSR count). The Labute approximate surface area is 481 Å². The second-order valence-electron chi connectivity index (χ2n) is 22.5. The number of nitrogens with one attached hydrogen (secondary N) is 1. The quantitative estimate of drug-likeness (QED) is 0.0212. The highest BCUT2D eigenvalue weighted by molar-refractivity contribution is 7.45. The molecule has 10 heteroatoms. The fourth-order valence-corrected chi connectivity index (χ4v) is 9.54. The number of hydrogen-bond donors (Lipinski definition) is 1. The normalized spacial score (nSPS) is 14.3. The van der Waals surface area contributed by atoms with Crippen molar-refractivity contribution < 1.29 is 37.3 Å². The third-order valence-corrected chi connectivity index (χ3v) is 14.7. The van der Waals surface area contributed by atoms with E-state index < -0.39 is 26.6 Å². The van der Waals surface area contributed by atoms with Crippen LogP contribution in [-0.2, 0) is 27.9 Å². The van der Waals surface area contributed by atoms with E-state index in [1.807, 2.05) is 33.3 Å². The predicted octanol–water partition coefficient (Wildman–Crippen LogP) is 19.3. The molecule has 0 aromatic rings. The van der Waals surface area contributed by atoms with Gasteiger partial charge in [-0.15, -0.1) is 0 Å². The van der Waals surface area contributed by atoms with Crippen molar-refractivity contribution in [1.29, 1.82) is 0 Å². The Morgan fingerprint density at radius 3 is 1.26 bits per heavy atom. The summed E-state index contributed by atoms with van der Waals surface area (Å²) >= 11 is 0. The predicted molar refractivity (Wildman–Crippen MR) is 334 cm³/mol. The van der Waals surface area contributed by atoms with Crippen LogP contribution in [0.1, 0.15) is 271 Å². The van der Waals surface area contributed by atoms with Crippen LogP contribution in [0.2, 0.25) is 0 Å². The monoisotopic (exact) mass is 1110 g/mol. The van der Waals surface area contributed by atoms with Crippen molar-refractivity contribution >= 4 is 19.7 Å². The number of carbonyl (C=O) groups excluding carboxylic acids is 2. The van der Waals surface area contributed by atoms with Gasteiger partial charge in [0.2, 0.25) is 5.91 Å². The number of rotatable bonds is 57. The van der Waals surface area contributed by atoms with Crippen LogP contribution in [0.25, 0.3) is 0 Å². The molecular formula is C68H121N2O7P. The van der Waals surface area contributed by atoms with E-state index in [0.717, 1.165) is 135 Å². The summed E-state index contributed by atoms with van der Waals surface area (Å²) in [6, 6.07) is -0.903. The van der Waals surface area contributed by atoms with Gasteiger partial charge in [-0.25, -0.2) is 0 Å². The first-order valence-electron chi connectivity index (χ1n) is 32.0. The maximum absolute atomic E-state index is 13.5. The van der Waals surface area contributed by atoms with E-state index in [1.54, 1.807) is 0 Å². The molecule has 0 heterocycles. The molecule has 0 aliphatic heterocycles. The number of amides is 1. The summed E-state index contributed by atoms with van der Waals surface area (Å²) in [6.07, 6.45) is 76.6. The lowest BCUT2D eigenvalue weighted by atomic mass is 10.0. The zero-order valence-electron chi connectivity index (χ0n) is 51.3. The van der Waals surface area contributed by atoms with Crippen LogP contribution in [0.4, 0.5) is 0 Å². The highest BCUT2D eigenvalue weighted by Gasteiger charge is 2.27. The van der Waals surface area contributed by atoms with E-state index in [1.165, 1.54) is 103 Å². The first kappa shape index (κ1) is 74.9. The van der Waals surface area contributed by atoms with Crippen LogP contribution in [0.15, 0.2) is 97.2 Å². The topological polar surface area (TPSA) is 114 Å². The Balaban J connectivity index is 5.15. The summed E-state index contributed by atoms with van der Waals surface area (Å²) in [5, 5.41) is 3.02. The first-order valence-corrected chi connectivity index (χ1v) is 33.5. The maximum Gasteiger partial charge on any atom is 0.306 e. The van der Waals surface area contributed by atoms with Crippen molar-refractivity contribution in [3.8, 4) is 0 Å². The van der Waals surface area contributed by atoms with E-state index in [-0.39, 0.29) is 24.9 Å². The van der Waals surface area contributed by atoms with Gasteiger partial charge in [-0.3, -0.25) is 14.2 Å². The zero-order chi connectivity index (χ0) is 57.2. The van der Waals surface area contributed by atoms with Crippen molar-refractivity contribution in [3.63, 3.8) is 0 Å². The number of phosphoric acid groups is 1. The Bertz CT molecular complexity index is 1660. The molecule has 1 amide bonds. The van der Waals surface area contributed by atoms with Gasteiger partial charge in [-0.05, 0) is 109 Å². The number of esters is 1. The van der Waals surface area contributed by atoms with E-state index in [0.29, 0.717) is 17.4 Å². The Morgan fingerprint density at radius 2 is 0.821 bits per heavy atom. The van der Waals surface area contributed by atoms with Gasteiger partial charge in [0.05, 0.1) is 33.8 Å². The first-order chi connectivity index (χ1) is 37.9. The largest absolute Gasteiger partial charge is 0.756 e. The number of quaternary nitrogens is 1. The van der Waals surface area contributed by atoms with Gasteiger partial charge in [-0.2, -0.15) is 0 Å². The van der Waals surface area contributed by atoms with Crippen molar-refractivity contribution in [1.82, 2.24) is 5.32 Å². The molecule has 0 aromatic carbocycles. The van der Waals surface area contributed by atoms with Crippen LogP contribution in [0, 0.1) is 0 Å². The molecule has 3 unspecified atom stereocenters. The molecule has 0 aliphatic rings. The molecule has 0 bridgehead atoms. The van der Waals surface area contributed by atoms with Crippen LogP contribution in [0.5, 0.6) is 0 Å². The van der Waals surface area contributed by atoms with Gasteiger partial charge < -0.3 is 28.5 Å².